The van der Waals surface area contributed by atoms with E-state index in [4.69, 9.17) is 5.84 Å². The van der Waals surface area contributed by atoms with Crippen molar-refractivity contribution in [2.75, 3.05) is 0 Å². The number of rotatable bonds is 11. The van der Waals surface area contributed by atoms with E-state index in [2.05, 4.69) is 18.4 Å². The lowest BCUT2D eigenvalue weighted by Gasteiger charge is -2.05. The third-order valence-corrected chi connectivity index (χ3v) is 3.89. The van der Waals surface area contributed by atoms with E-state index < -0.39 is 0 Å². The van der Waals surface area contributed by atoms with E-state index in [9.17, 15) is 4.79 Å². The van der Waals surface area contributed by atoms with Gasteiger partial charge in [-0.15, -0.1) is 0 Å². The van der Waals surface area contributed by atoms with Crippen LogP contribution in [0.5, 0.6) is 0 Å². The second-order valence-electron chi connectivity index (χ2n) is 5.75. The first-order valence-corrected chi connectivity index (χ1v) is 8.37. The molecule has 21 heavy (non-hydrogen) atoms. The van der Waals surface area contributed by atoms with Gasteiger partial charge < -0.3 is 0 Å². The summed E-state index contributed by atoms with van der Waals surface area (Å²) in [4.78, 5) is 11.5. The summed E-state index contributed by atoms with van der Waals surface area (Å²) in [5, 5.41) is 0. The molecule has 0 heterocycles. The third-order valence-electron chi connectivity index (χ3n) is 3.89. The van der Waals surface area contributed by atoms with E-state index in [1.165, 1.54) is 63.4 Å². The largest absolute Gasteiger partial charge is 0.290 e. The van der Waals surface area contributed by atoms with Crippen molar-refractivity contribution in [2.24, 2.45) is 5.84 Å². The Morgan fingerprint density at radius 1 is 1.00 bits per heavy atom. The maximum absolute atomic E-state index is 11.5. The van der Waals surface area contributed by atoms with Crippen LogP contribution in [0, 0.1) is 0 Å². The molecule has 0 unspecified atom stereocenters. The van der Waals surface area contributed by atoms with Gasteiger partial charge in [0.25, 0.3) is 5.91 Å². The van der Waals surface area contributed by atoms with E-state index in [0.29, 0.717) is 5.56 Å². The molecule has 1 aromatic rings. The van der Waals surface area contributed by atoms with E-state index in [-0.39, 0.29) is 5.91 Å². The Morgan fingerprint density at radius 2 is 1.62 bits per heavy atom. The van der Waals surface area contributed by atoms with Crippen molar-refractivity contribution in [1.82, 2.24) is 5.43 Å². The summed E-state index contributed by atoms with van der Waals surface area (Å²) in [6, 6.07) is 7.74. The molecule has 0 saturated heterocycles. The summed E-state index contributed by atoms with van der Waals surface area (Å²) >= 11 is 0. The van der Waals surface area contributed by atoms with Crippen molar-refractivity contribution in [1.29, 1.82) is 0 Å². The van der Waals surface area contributed by atoms with Crippen molar-refractivity contribution >= 4 is 5.91 Å². The van der Waals surface area contributed by atoms with Crippen LogP contribution in [0.25, 0.3) is 0 Å². The van der Waals surface area contributed by atoms with Crippen molar-refractivity contribution in [3.63, 3.8) is 0 Å². The van der Waals surface area contributed by atoms with Crippen molar-refractivity contribution in [2.45, 2.75) is 71.1 Å². The standard InChI is InChI=1S/C18H30N2O/c1-2-3-4-5-6-7-8-9-10-12-16-13-11-14-17(15-16)18(21)20-19/h11,13-15H,2-10,12,19H2,1H3,(H,20,21). The van der Waals surface area contributed by atoms with Crippen LogP contribution in [-0.2, 0) is 6.42 Å². The number of hydrazine groups is 1. The first-order valence-electron chi connectivity index (χ1n) is 8.37. The van der Waals surface area contributed by atoms with Gasteiger partial charge in [-0.3, -0.25) is 10.2 Å². The summed E-state index contributed by atoms with van der Waals surface area (Å²) in [6.07, 6.45) is 13.1. The van der Waals surface area contributed by atoms with Gasteiger partial charge in [0, 0.05) is 5.56 Å². The molecular formula is C18H30N2O. The minimum atomic E-state index is -0.219. The quantitative estimate of drug-likeness (QED) is 0.275. The fraction of sp³-hybridized carbons (Fsp3) is 0.611. The summed E-state index contributed by atoms with van der Waals surface area (Å²) < 4.78 is 0. The Labute approximate surface area is 129 Å². The minimum Gasteiger partial charge on any atom is -0.290 e. The molecule has 0 bridgehead atoms. The van der Waals surface area contributed by atoms with Crippen LogP contribution < -0.4 is 11.3 Å². The average Bonchev–Trinajstić information content (AvgIpc) is 2.53. The van der Waals surface area contributed by atoms with E-state index in [0.717, 1.165) is 6.42 Å². The van der Waals surface area contributed by atoms with Gasteiger partial charge >= 0.3 is 0 Å². The molecule has 0 aliphatic rings. The Bertz CT molecular complexity index is 404. The number of benzene rings is 1. The fourth-order valence-electron chi connectivity index (χ4n) is 2.59. The topological polar surface area (TPSA) is 55.1 Å². The highest BCUT2D eigenvalue weighted by atomic mass is 16.2. The van der Waals surface area contributed by atoms with Gasteiger partial charge in [-0.05, 0) is 30.5 Å². The average molecular weight is 290 g/mol. The number of amides is 1. The predicted octanol–water partition coefficient (Wildman–Crippen LogP) is 4.36. The maximum Gasteiger partial charge on any atom is 0.265 e. The number of unbranched alkanes of at least 4 members (excludes halogenated alkanes) is 8. The molecule has 0 aliphatic carbocycles. The van der Waals surface area contributed by atoms with Crippen LogP contribution in [0.2, 0.25) is 0 Å². The number of nitrogens with two attached hydrogens (primary N) is 1. The molecule has 1 amide bonds. The Kier molecular flexibility index (Phi) is 9.55. The van der Waals surface area contributed by atoms with Gasteiger partial charge in [-0.2, -0.15) is 0 Å². The number of carbonyl (C=O) groups excluding carboxylic acids is 1. The smallest absolute Gasteiger partial charge is 0.265 e. The van der Waals surface area contributed by atoms with Gasteiger partial charge in [0.05, 0.1) is 0 Å². The van der Waals surface area contributed by atoms with E-state index in [1.54, 1.807) is 6.07 Å². The lowest BCUT2D eigenvalue weighted by molar-refractivity contribution is 0.0953. The third kappa shape index (κ3) is 7.86. The van der Waals surface area contributed by atoms with Crippen LogP contribution in [0.15, 0.2) is 24.3 Å². The molecule has 3 nitrogen and oxygen atoms in total. The van der Waals surface area contributed by atoms with E-state index in [1.807, 2.05) is 12.1 Å². The van der Waals surface area contributed by atoms with Crippen LogP contribution in [-0.4, -0.2) is 5.91 Å². The first-order chi connectivity index (χ1) is 10.3. The SMILES string of the molecule is CCCCCCCCCCCc1cccc(C(=O)NN)c1. The highest BCUT2D eigenvalue weighted by molar-refractivity contribution is 5.93. The molecule has 0 aliphatic heterocycles. The summed E-state index contributed by atoms with van der Waals surface area (Å²) in [7, 11) is 0. The Balaban J connectivity index is 2.11. The number of carbonyl (C=O) groups is 1. The monoisotopic (exact) mass is 290 g/mol. The van der Waals surface area contributed by atoms with Gasteiger partial charge in [0.1, 0.15) is 0 Å². The van der Waals surface area contributed by atoms with Gasteiger partial charge in [-0.1, -0.05) is 70.4 Å². The lowest BCUT2D eigenvalue weighted by atomic mass is 10.0. The van der Waals surface area contributed by atoms with Crippen molar-refractivity contribution in [3.05, 3.63) is 35.4 Å². The second-order valence-corrected chi connectivity index (χ2v) is 5.75. The molecule has 0 fully saturated rings. The number of nitrogen functional groups attached to an aromatic ring is 1. The Hall–Kier alpha value is -1.35. The highest BCUT2D eigenvalue weighted by Gasteiger charge is 2.03. The molecule has 0 aromatic heterocycles. The number of hydrogen-bond donors (Lipinski definition) is 2. The van der Waals surface area contributed by atoms with Crippen molar-refractivity contribution in [3.8, 4) is 0 Å². The maximum atomic E-state index is 11.5. The second kappa shape index (κ2) is 11.3. The molecule has 0 spiro atoms. The molecule has 3 N–H and O–H groups in total. The zero-order valence-corrected chi connectivity index (χ0v) is 13.4. The minimum absolute atomic E-state index is 0.219. The van der Waals surface area contributed by atoms with Crippen LogP contribution >= 0.6 is 0 Å². The predicted molar refractivity (Wildman–Crippen MR) is 89.0 cm³/mol. The first kappa shape index (κ1) is 17.7. The molecule has 0 atom stereocenters. The highest BCUT2D eigenvalue weighted by Crippen LogP contribution is 2.13. The van der Waals surface area contributed by atoms with Crippen LogP contribution in [0.1, 0.15) is 80.6 Å². The molecule has 118 valence electrons. The molecular weight excluding hydrogens is 260 g/mol. The van der Waals surface area contributed by atoms with Crippen LogP contribution in [0.3, 0.4) is 0 Å². The van der Waals surface area contributed by atoms with Crippen molar-refractivity contribution < 1.29 is 4.79 Å². The van der Waals surface area contributed by atoms with E-state index >= 15 is 0 Å². The lowest BCUT2D eigenvalue weighted by Crippen LogP contribution is -2.29. The number of aryl methyl sites for hydroxylation is 1. The van der Waals surface area contributed by atoms with Gasteiger partial charge in [-0.25, -0.2) is 5.84 Å². The van der Waals surface area contributed by atoms with Gasteiger partial charge in [0.2, 0.25) is 0 Å². The molecule has 0 saturated carbocycles. The van der Waals surface area contributed by atoms with Crippen LogP contribution in [0.4, 0.5) is 0 Å². The zero-order valence-electron chi connectivity index (χ0n) is 13.4. The molecule has 0 radical (unpaired) electrons. The number of nitrogens with one attached hydrogen (secondary N) is 1. The summed E-state index contributed by atoms with van der Waals surface area (Å²) in [5.74, 6) is 4.93. The fourth-order valence-corrected chi connectivity index (χ4v) is 2.59. The molecule has 1 aromatic carbocycles. The number of hydrogen-bond acceptors (Lipinski definition) is 2. The Morgan fingerprint density at radius 3 is 2.24 bits per heavy atom. The zero-order chi connectivity index (χ0) is 15.3. The summed E-state index contributed by atoms with van der Waals surface area (Å²) in [6.45, 7) is 2.26. The normalized spacial score (nSPS) is 10.6. The summed E-state index contributed by atoms with van der Waals surface area (Å²) in [5.41, 5.74) is 4.04. The molecule has 1 rings (SSSR count). The molecule has 3 heteroatoms. The van der Waals surface area contributed by atoms with Gasteiger partial charge in [0.15, 0.2) is 0 Å².